The fraction of sp³-hybridized carbons (Fsp3) is 0.833. The summed E-state index contributed by atoms with van der Waals surface area (Å²) in [6.45, 7) is 4.31. The third kappa shape index (κ3) is 2.93. The van der Waals surface area contributed by atoms with Gasteiger partial charge in [0, 0.05) is 17.2 Å². The van der Waals surface area contributed by atoms with Crippen LogP contribution in [0.5, 0.6) is 0 Å². The van der Waals surface area contributed by atoms with E-state index in [1.165, 1.54) is 25.0 Å². The smallest absolute Gasteiger partial charge is 0.0285 e. The maximum absolute atomic E-state index is 3.45. The minimum Gasteiger partial charge on any atom is -0.316 e. The molecule has 0 aromatic rings. The summed E-state index contributed by atoms with van der Waals surface area (Å²) in [5.41, 5.74) is 0. The van der Waals surface area contributed by atoms with E-state index in [1.807, 2.05) is 6.92 Å². The monoisotopic (exact) mass is 211 g/mol. The van der Waals surface area contributed by atoms with Gasteiger partial charge in [-0.25, -0.2) is 0 Å². The van der Waals surface area contributed by atoms with Crippen molar-refractivity contribution < 1.29 is 0 Å². The largest absolute Gasteiger partial charge is 0.316 e. The second-order valence-corrected chi connectivity index (χ2v) is 5.70. The SMILES string of the molecule is CC#CCCC(NC)C1(C)CCCS1. The fourth-order valence-electron chi connectivity index (χ4n) is 2.17. The van der Waals surface area contributed by atoms with Gasteiger partial charge in [-0.3, -0.25) is 0 Å². The Kier molecular flexibility index (Phi) is 4.84. The minimum atomic E-state index is 0.449. The lowest BCUT2D eigenvalue weighted by molar-refractivity contribution is 0.408. The second-order valence-electron chi connectivity index (χ2n) is 4.07. The van der Waals surface area contributed by atoms with Gasteiger partial charge in [-0.05, 0) is 45.9 Å². The van der Waals surface area contributed by atoms with Gasteiger partial charge < -0.3 is 5.32 Å². The van der Waals surface area contributed by atoms with Crippen LogP contribution in [0.4, 0.5) is 0 Å². The van der Waals surface area contributed by atoms with E-state index >= 15 is 0 Å². The molecule has 0 bridgehead atoms. The Morgan fingerprint density at radius 2 is 2.36 bits per heavy atom. The molecule has 1 fully saturated rings. The first-order valence-corrected chi connectivity index (χ1v) is 6.42. The van der Waals surface area contributed by atoms with E-state index in [4.69, 9.17) is 0 Å². The molecule has 1 heterocycles. The predicted octanol–water partition coefficient (Wildman–Crippen LogP) is 2.66. The van der Waals surface area contributed by atoms with Crippen LogP contribution in [0.3, 0.4) is 0 Å². The van der Waals surface area contributed by atoms with Gasteiger partial charge in [0.1, 0.15) is 0 Å². The van der Waals surface area contributed by atoms with Gasteiger partial charge in [0.2, 0.25) is 0 Å². The summed E-state index contributed by atoms with van der Waals surface area (Å²) in [7, 11) is 2.08. The first-order chi connectivity index (χ1) is 6.73. The van der Waals surface area contributed by atoms with Crippen LogP contribution >= 0.6 is 11.8 Å². The van der Waals surface area contributed by atoms with Gasteiger partial charge in [-0.2, -0.15) is 11.8 Å². The van der Waals surface area contributed by atoms with Crippen molar-refractivity contribution in [2.24, 2.45) is 0 Å². The van der Waals surface area contributed by atoms with Crippen molar-refractivity contribution in [1.29, 1.82) is 0 Å². The van der Waals surface area contributed by atoms with Crippen molar-refractivity contribution in [3.63, 3.8) is 0 Å². The number of nitrogens with one attached hydrogen (secondary N) is 1. The average Bonchev–Trinajstić information content (AvgIpc) is 2.61. The molecule has 1 rings (SSSR count). The van der Waals surface area contributed by atoms with Crippen LogP contribution < -0.4 is 5.32 Å². The molecule has 14 heavy (non-hydrogen) atoms. The van der Waals surface area contributed by atoms with Crippen molar-refractivity contribution >= 4 is 11.8 Å². The average molecular weight is 211 g/mol. The molecule has 0 radical (unpaired) electrons. The van der Waals surface area contributed by atoms with Crippen molar-refractivity contribution in [2.75, 3.05) is 12.8 Å². The molecule has 2 unspecified atom stereocenters. The highest BCUT2D eigenvalue weighted by molar-refractivity contribution is 8.00. The third-order valence-corrected chi connectivity index (χ3v) is 4.71. The number of hydrogen-bond donors (Lipinski definition) is 1. The summed E-state index contributed by atoms with van der Waals surface area (Å²) in [5.74, 6) is 7.45. The zero-order chi connectivity index (χ0) is 10.4. The standard InChI is InChI=1S/C12H21NS/c1-4-5-6-8-11(13-3)12(2)9-7-10-14-12/h11,13H,6-10H2,1-3H3. The zero-order valence-electron chi connectivity index (χ0n) is 9.52. The van der Waals surface area contributed by atoms with Gasteiger partial charge >= 0.3 is 0 Å². The first kappa shape index (κ1) is 11.9. The molecule has 0 aromatic heterocycles. The predicted molar refractivity (Wildman–Crippen MR) is 65.6 cm³/mol. The molecule has 2 atom stereocenters. The lowest BCUT2D eigenvalue weighted by Gasteiger charge is -2.32. The Bertz CT molecular complexity index is 220. The van der Waals surface area contributed by atoms with Crippen LogP contribution in [0.2, 0.25) is 0 Å². The molecule has 1 aliphatic heterocycles. The van der Waals surface area contributed by atoms with E-state index in [9.17, 15) is 0 Å². The second kappa shape index (κ2) is 5.68. The first-order valence-electron chi connectivity index (χ1n) is 5.44. The number of hydrogen-bond acceptors (Lipinski definition) is 2. The zero-order valence-corrected chi connectivity index (χ0v) is 10.3. The topological polar surface area (TPSA) is 12.0 Å². The van der Waals surface area contributed by atoms with Gasteiger partial charge in [-0.15, -0.1) is 11.8 Å². The Balaban J connectivity index is 2.46. The molecule has 0 amide bonds. The van der Waals surface area contributed by atoms with Crippen molar-refractivity contribution in [1.82, 2.24) is 5.32 Å². The quantitative estimate of drug-likeness (QED) is 0.718. The molecule has 80 valence electrons. The maximum Gasteiger partial charge on any atom is 0.0285 e. The van der Waals surface area contributed by atoms with E-state index in [1.54, 1.807) is 0 Å². The molecule has 0 aliphatic carbocycles. The molecule has 0 spiro atoms. The van der Waals surface area contributed by atoms with E-state index in [2.05, 4.69) is 42.9 Å². The molecule has 1 nitrogen and oxygen atoms in total. The lowest BCUT2D eigenvalue weighted by atomic mass is 9.93. The van der Waals surface area contributed by atoms with Crippen LogP contribution in [0.25, 0.3) is 0 Å². The highest BCUT2D eigenvalue weighted by atomic mass is 32.2. The van der Waals surface area contributed by atoms with Gasteiger partial charge in [0.25, 0.3) is 0 Å². The Morgan fingerprint density at radius 3 is 2.86 bits per heavy atom. The number of thioether (sulfide) groups is 1. The van der Waals surface area contributed by atoms with E-state index < -0.39 is 0 Å². The molecule has 0 aromatic carbocycles. The Labute approximate surface area is 92.4 Å². The summed E-state index contributed by atoms with van der Waals surface area (Å²) < 4.78 is 0.449. The summed E-state index contributed by atoms with van der Waals surface area (Å²) >= 11 is 2.12. The molecule has 1 N–H and O–H groups in total. The lowest BCUT2D eigenvalue weighted by Crippen LogP contribution is -2.43. The van der Waals surface area contributed by atoms with Crippen LogP contribution in [-0.2, 0) is 0 Å². The van der Waals surface area contributed by atoms with Crippen molar-refractivity contribution in [3.05, 3.63) is 0 Å². The highest BCUT2D eigenvalue weighted by Crippen LogP contribution is 2.41. The maximum atomic E-state index is 3.45. The van der Waals surface area contributed by atoms with Gasteiger partial charge in [0.15, 0.2) is 0 Å². The van der Waals surface area contributed by atoms with E-state index in [-0.39, 0.29) is 0 Å². The summed E-state index contributed by atoms with van der Waals surface area (Å²) in [6.07, 6.45) is 4.93. The van der Waals surface area contributed by atoms with Gasteiger partial charge in [0.05, 0.1) is 0 Å². The summed E-state index contributed by atoms with van der Waals surface area (Å²) in [5, 5.41) is 3.45. The Morgan fingerprint density at radius 1 is 1.57 bits per heavy atom. The third-order valence-electron chi connectivity index (χ3n) is 3.07. The van der Waals surface area contributed by atoms with E-state index in [0.29, 0.717) is 10.8 Å². The van der Waals surface area contributed by atoms with Crippen LogP contribution in [0.15, 0.2) is 0 Å². The highest BCUT2D eigenvalue weighted by Gasteiger charge is 2.36. The fourth-order valence-corrected chi connectivity index (χ4v) is 3.65. The van der Waals surface area contributed by atoms with Crippen molar-refractivity contribution in [2.45, 2.75) is 50.3 Å². The van der Waals surface area contributed by atoms with Crippen LogP contribution in [0, 0.1) is 11.8 Å². The van der Waals surface area contributed by atoms with Crippen LogP contribution in [0.1, 0.15) is 39.5 Å². The molecule has 1 aliphatic rings. The molecule has 1 saturated heterocycles. The number of rotatable bonds is 4. The van der Waals surface area contributed by atoms with Gasteiger partial charge in [-0.1, -0.05) is 0 Å². The molecular formula is C12H21NS. The molecule has 0 saturated carbocycles. The normalized spacial score (nSPS) is 28.2. The summed E-state index contributed by atoms with van der Waals surface area (Å²) in [6, 6.07) is 0.621. The van der Waals surface area contributed by atoms with Crippen molar-refractivity contribution in [3.8, 4) is 11.8 Å². The van der Waals surface area contributed by atoms with Crippen LogP contribution in [-0.4, -0.2) is 23.6 Å². The molecule has 2 heteroatoms. The Hall–Kier alpha value is -0.130. The summed E-state index contributed by atoms with van der Waals surface area (Å²) in [4.78, 5) is 0. The minimum absolute atomic E-state index is 0.449. The van der Waals surface area contributed by atoms with E-state index in [0.717, 1.165) is 6.42 Å². The molecular weight excluding hydrogens is 190 g/mol.